The molecule has 0 aromatic heterocycles. The van der Waals surface area contributed by atoms with Crippen molar-refractivity contribution in [2.75, 3.05) is 19.5 Å². The third kappa shape index (κ3) is 8.03. The molecule has 0 aliphatic heterocycles. The van der Waals surface area contributed by atoms with Gasteiger partial charge in [0.2, 0.25) is 0 Å². The lowest BCUT2D eigenvalue weighted by atomic mass is 10.1. The van der Waals surface area contributed by atoms with Crippen LogP contribution >= 0.6 is 15.9 Å². The number of anilines is 1. The molecule has 0 atom stereocenters. The maximum atomic E-state index is 13.2. The summed E-state index contributed by atoms with van der Waals surface area (Å²) in [6, 6.07) is 27.8. The molecular weight excluding hydrogens is 584 g/mol. The average molecular weight is 611 g/mol. The Hall–Kier alpha value is -4.95. The smallest absolute Gasteiger partial charge is 0.272 e. The van der Waals surface area contributed by atoms with Gasteiger partial charge in [0.05, 0.1) is 14.2 Å². The number of halogens is 1. The number of rotatable bonds is 10. The first-order valence-electron chi connectivity index (χ1n) is 12.6. The van der Waals surface area contributed by atoms with E-state index < -0.39 is 11.8 Å². The standard InChI is InChI=1S/C33H27BrN2O5/c1-40-30-19-11-23(21-31(30)41-2)10-18-29(37)24-12-16-27(17-13-24)35-33(39)28(20-22-8-14-26(34)15-9-22)36-32(38)25-6-4-3-5-7-25/h3-21H,1-2H3,(H,35,39)(H,36,38)/b18-10+,28-20-. The lowest BCUT2D eigenvalue weighted by Gasteiger charge is -2.12. The maximum Gasteiger partial charge on any atom is 0.272 e. The highest BCUT2D eigenvalue weighted by Crippen LogP contribution is 2.28. The molecule has 4 aromatic carbocycles. The summed E-state index contributed by atoms with van der Waals surface area (Å²) in [5, 5.41) is 5.50. The lowest BCUT2D eigenvalue weighted by Crippen LogP contribution is -2.30. The van der Waals surface area contributed by atoms with Gasteiger partial charge in [-0.3, -0.25) is 14.4 Å². The molecule has 206 valence electrons. The van der Waals surface area contributed by atoms with Crippen LogP contribution in [0.5, 0.6) is 11.5 Å². The first-order valence-corrected chi connectivity index (χ1v) is 13.3. The minimum absolute atomic E-state index is 0.0687. The Morgan fingerprint density at radius 1 is 0.732 bits per heavy atom. The molecule has 41 heavy (non-hydrogen) atoms. The van der Waals surface area contributed by atoms with Crippen molar-refractivity contribution in [1.82, 2.24) is 5.32 Å². The van der Waals surface area contributed by atoms with Crippen molar-refractivity contribution in [1.29, 1.82) is 0 Å². The van der Waals surface area contributed by atoms with E-state index in [-0.39, 0.29) is 11.5 Å². The van der Waals surface area contributed by atoms with E-state index in [9.17, 15) is 14.4 Å². The molecule has 8 heteroatoms. The van der Waals surface area contributed by atoms with Gasteiger partial charge in [-0.1, -0.05) is 58.4 Å². The largest absolute Gasteiger partial charge is 0.493 e. The normalized spacial score (nSPS) is 11.1. The molecule has 0 unspecified atom stereocenters. The Kier molecular flexibility index (Phi) is 9.85. The summed E-state index contributed by atoms with van der Waals surface area (Å²) < 4.78 is 11.4. The second kappa shape index (κ2) is 13.9. The van der Waals surface area contributed by atoms with E-state index in [4.69, 9.17) is 9.47 Å². The molecule has 2 N–H and O–H groups in total. The molecule has 4 rings (SSSR count). The summed E-state index contributed by atoms with van der Waals surface area (Å²) >= 11 is 3.40. The van der Waals surface area contributed by atoms with Crippen molar-refractivity contribution >= 4 is 51.4 Å². The number of ether oxygens (including phenoxy) is 2. The first kappa shape index (κ1) is 29.0. The molecule has 0 saturated carbocycles. The van der Waals surface area contributed by atoms with Gasteiger partial charge < -0.3 is 20.1 Å². The van der Waals surface area contributed by atoms with Gasteiger partial charge in [-0.05, 0) is 83.9 Å². The molecule has 0 bridgehead atoms. The van der Waals surface area contributed by atoms with Gasteiger partial charge in [-0.15, -0.1) is 0 Å². The van der Waals surface area contributed by atoms with Crippen LogP contribution in [0.15, 0.2) is 113 Å². The molecule has 0 aliphatic rings. The van der Waals surface area contributed by atoms with Gasteiger partial charge in [-0.25, -0.2) is 0 Å². The van der Waals surface area contributed by atoms with E-state index in [1.54, 1.807) is 87.0 Å². The third-order valence-corrected chi connectivity index (χ3v) is 6.50. The van der Waals surface area contributed by atoms with E-state index in [1.807, 2.05) is 36.4 Å². The number of nitrogens with one attached hydrogen (secondary N) is 2. The highest BCUT2D eigenvalue weighted by atomic mass is 79.9. The van der Waals surface area contributed by atoms with Crippen molar-refractivity contribution in [3.05, 3.63) is 136 Å². The Morgan fingerprint density at radius 3 is 2.05 bits per heavy atom. The fraction of sp³-hybridized carbons (Fsp3) is 0.0606. The monoisotopic (exact) mass is 610 g/mol. The molecule has 0 saturated heterocycles. The van der Waals surface area contributed by atoms with E-state index >= 15 is 0 Å². The predicted octanol–water partition coefficient (Wildman–Crippen LogP) is 6.77. The minimum Gasteiger partial charge on any atom is -0.493 e. The summed E-state index contributed by atoms with van der Waals surface area (Å²) in [5.74, 6) is 0.0401. The van der Waals surface area contributed by atoms with Gasteiger partial charge in [0.1, 0.15) is 5.70 Å². The molecule has 0 fully saturated rings. The zero-order chi connectivity index (χ0) is 29.2. The number of allylic oxidation sites excluding steroid dienone is 1. The number of methoxy groups -OCH3 is 2. The van der Waals surface area contributed by atoms with Crippen LogP contribution in [0.2, 0.25) is 0 Å². The molecule has 2 amide bonds. The zero-order valence-corrected chi connectivity index (χ0v) is 24.0. The fourth-order valence-corrected chi connectivity index (χ4v) is 4.07. The number of hydrogen-bond acceptors (Lipinski definition) is 5. The van der Waals surface area contributed by atoms with E-state index in [2.05, 4.69) is 26.6 Å². The number of benzene rings is 4. The van der Waals surface area contributed by atoms with Crippen LogP contribution in [-0.4, -0.2) is 31.8 Å². The Morgan fingerprint density at radius 2 is 1.39 bits per heavy atom. The number of ketones is 1. The Bertz CT molecular complexity index is 1600. The van der Waals surface area contributed by atoms with Crippen LogP contribution in [0.4, 0.5) is 5.69 Å². The molecule has 0 radical (unpaired) electrons. The third-order valence-electron chi connectivity index (χ3n) is 5.97. The average Bonchev–Trinajstić information content (AvgIpc) is 3.01. The van der Waals surface area contributed by atoms with Crippen molar-refractivity contribution < 1.29 is 23.9 Å². The number of carbonyl (C=O) groups is 3. The molecule has 0 aliphatic carbocycles. The van der Waals surface area contributed by atoms with Crippen molar-refractivity contribution in [2.24, 2.45) is 0 Å². The van der Waals surface area contributed by atoms with Crippen LogP contribution in [0.3, 0.4) is 0 Å². The molecule has 0 spiro atoms. The number of hydrogen-bond donors (Lipinski definition) is 2. The van der Waals surface area contributed by atoms with Crippen LogP contribution in [0.1, 0.15) is 31.8 Å². The summed E-state index contributed by atoms with van der Waals surface area (Å²) in [4.78, 5) is 38.8. The number of carbonyl (C=O) groups excluding carboxylic acids is 3. The Labute approximate surface area is 246 Å². The van der Waals surface area contributed by atoms with E-state index in [0.29, 0.717) is 28.3 Å². The number of amides is 2. The summed E-state index contributed by atoms with van der Waals surface area (Å²) in [6.45, 7) is 0. The summed E-state index contributed by atoms with van der Waals surface area (Å²) in [6.07, 6.45) is 4.75. The summed E-state index contributed by atoms with van der Waals surface area (Å²) in [5.41, 5.74) is 2.91. The minimum atomic E-state index is -0.510. The zero-order valence-electron chi connectivity index (χ0n) is 22.4. The molecular formula is C33H27BrN2O5. The molecule has 0 heterocycles. The maximum absolute atomic E-state index is 13.2. The van der Waals surface area contributed by atoms with E-state index in [0.717, 1.165) is 15.6 Å². The summed E-state index contributed by atoms with van der Waals surface area (Å²) in [7, 11) is 3.11. The van der Waals surface area contributed by atoms with Gasteiger partial charge in [-0.2, -0.15) is 0 Å². The lowest BCUT2D eigenvalue weighted by molar-refractivity contribution is -0.113. The quantitative estimate of drug-likeness (QED) is 0.153. The Balaban J connectivity index is 1.47. The van der Waals surface area contributed by atoms with Crippen LogP contribution in [-0.2, 0) is 4.79 Å². The van der Waals surface area contributed by atoms with Crippen LogP contribution < -0.4 is 20.1 Å². The second-order valence-electron chi connectivity index (χ2n) is 8.77. The van der Waals surface area contributed by atoms with Gasteiger partial charge in [0.15, 0.2) is 17.3 Å². The highest BCUT2D eigenvalue weighted by Gasteiger charge is 2.15. The molecule has 7 nitrogen and oxygen atoms in total. The highest BCUT2D eigenvalue weighted by molar-refractivity contribution is 9.10. The van der Waals surface area contributed by atoms with Crippen molar-refractivity contribution in [2.45, 2.75) is 0 Å². The van der Waals surface area contributed by atoms with Gasteiger partial charge in [0.25, 0.3) is 11.8 Å². The second-order valence-corrected chi connectivity index (χ2v) is 9.69. The SMILES string of the molecule is COc1ccc(/C=C/C(=O)c2ccc(NC(=O)/C(=C/c3ccc(Br)cc3)NC(=O)c3ccccc3)cc2)cc1OC. The van der Waals surface area contributed by atoms with E-state index in [1.165, 1.54) is 6.08 Å². The van der Waals surface area contributed by atoms with Crippen molar-refractivity contribution in [3.63, 3.8) is 0 Å². The fourth-order valence-electron chi connectivity index (χ4n) is 3.81. The van der Waals surface area contributed by atoms with Crippen LogP contribution in [0, 0.1) is 0 Å². The molecule has 4 aromatic rings. The van der Waals surface area contributed by atoms with Crippen LogP contribution in [0.25, 0.3) is 12.2 Å². The topological polar surface area (TPSA) is 93.7 Å². The first-order chi connectivity index (χ1) is 19.9. The predicted molar refractivity (Wildman–Crippen MR) is 164 cm³/mol. The van der Waals surface area contributed by atoms with Gasteiger partial charge in [0, 0.05) is 21.3 Å². The van der Waals surface area contributed by atoms with Gasteiger partial charge >= 0.3 is 0 Å². The van der Waals surface area contributed by atoms with Crippen molar-refractivity contribution in [3.8, 4) is 11.5 Å².